The molecule has 0 N–H and O–H groups in total. The molecule has 5 atom stereocenters. The lowest BCUT2D eigenvalue weighted by Crippen LogP contribution is -2.46. The van der Waals surface area contributed by atoms with Gasteiger partial charge in [-0.2, -0.15) is 0 Å². The highest BCUT2D eigenvalue weighted by atomic mass is 19.1. The van der Waals surface area contributed by atoms with Gasteiger partial charge in [0, 0.05) is 12.0 Å². The van der Waals surface area contributed by atoms with Gasteiger partial charge in [-0.3, -0.25) is 4.79 Å². The second kappa shape index (κ2) is 6.29. The average Bonchev–Trinajstić information content (AvgIpc) is 2.91. The fourth-order valence-corrected chi connectivity index (χ4v) is 5.44. The van der Waals surface area contributed by atoms with Crippen molar-refractivity contribution in [1.82, 2.24) is 0 Å². The lowest BCUT2D eigenvalue weighted by atomic mass is 9.55. The van der Waals surface area contributed by atoms with Crippen LogP contribution in [-0.2, 0) is 9.53 Å². The fraction of sp³-hybridized carbons (Fsp3) is 0.789. The van der Waals surface area contributed by atoms with Crippen LogP contribution in [0, 0.1) is 23.2 Å². The predicted octanol–water partition coefficient (Wildman–Crippen LogP) is 4.25. The summed E-state index contributed by atoms with van der Waals surface area (Å²) in [7, 11) is 0. The molecule has 22 heavy (non-hydrogen) atoms. The highest BCUT2D eigenvalue weighted by Crippen LogP contribution is 2.60. The lowest BCUT2D eigenvalue weighted by Gasteiger charge is -2.49. The van der Waals surface area contributed by atoms with Crippen LogP contribution in [0.4, 0.5) is 4.39 Å². The Hall–Kier alpha value is -0.920. The van der Waals surface area contributed by atoms with Gasteiger partial charge in [0.15, 0.2) is 5.78 Å². The van der Waals surface area contributed by atoms with E-state index < -0.39 is 12.8 Å². The zero-order valence-corrected chi connectivity index (χ0v) is 13.6. The Labute approximate surface area is 132 Å². The van der Waals surface area contributed by atoms with E-state index in [1.165, 1.54) is 32.1 Å². The number of ketones is 1. The quantitative estimate of drug-likeness (QED) is 0.729. The van der Waals surface area contributed by atoms with Crippen LogP contribution in [0.5, 0.6) is 0 Å². The third-order valence-electron chi connectivity index (χ3n) is 6.50. The number of carbonyl (C=O) groups excluding carboxylic acids is 1. The molecule has 3 heteroatoms. The van der Waals surface area contributed by atoms with Crippen molar-refractivity contribution >= 4 is 5.78 Å². The van der Waals surface area contributed by atoms with E-state index in [1.807, 2.05) is 0 Å². The maximum atomic E-state index is 12.8. The third kappa shape index (κ3) is 2.59. The zero-order chi connectivity index (χ0) is 15.7. The van der Waals surface area contributed by atoms with Crippen LogP contribution in [0.2, 0.25) is 0 Å². The van der Waals surface area contributed by atoms with Gasteiger partial charge in [0.25, 0.3) is 0 Å². The molecule has 0 aliphatic heterocycles. The molecule has 2 bridgehead atoms. The summed E-state index contributed by atoms with van der Waals surface area (Å²) in [6.45, 7) is 5.55. The fourth-order valence-electron chi connectivity index (χ4n) is 5.44. The molecule has 122 valence electrons. The van der Waals surface area contributed by atoms with Crippen molar-refractivity contribution in [2.75, 3.05) is 13.3 Å². The van der Waals surface area contributed by atoms with Gasteiger partial charge in [0.05, 0.1) is 6.61 Å². The van der Waals surface area contributed by atoms with Gasteiger partial charge in [-0.05, 0) is 55.3 Å². The summed E-state index contributed by atoms with van der Waals surface area (Å²) < 4.78 is 18.1. The van der Waals surface area contributed by atoms with E-state index >= 15 is 0 Å². The van der Waals surface area contributed by atoms with Gasteiger partial charge in [-0.15, -0.1) is 5.73 Å². The summed E-state index contributed by atoms with van der Waals surface area (Å²) in [5, 5.41) is 0. The normalized spacial score (nSPS) is 41.5. The topological polar surface area (TPSA) is 26.3 Å². The first-order valence-corrected chi connectivity index (χ1v) is 8.70. The zero-order valence-electron chi connectivity index (χ0n) is 13.6. The van der Waals surface area contributed by atoms with Gasteiger partial charge >= 0.3 is 0 Å². The molecule has 0 heterocycles. The van der Waals surface area contributed by atoms with Gasteiger partial charge in [0.2, 0.25) is 0 Å². The highest BCUT2D eigenvalue weighted by Gasteiger charge is 2.53. The number of halogens is 1. The first kappa shape index (κ1) is 16.0. The Balaban J connectivity index is 1.94. The summed E-state index contributed by atoms with van der Waals surface area (Å²) in [6, 6.07) is 0. The summed E-state index contributed by atoms with van der Waals surface area (Å²) in [6.07, 6.45) is 6.89. The molecule has 0 amide bonds. The summed E-state index contributed by atoms with van der Waals surface area (Å²) >= 11 is 0. The molecule has 3 rings (SSSR count). The van der Waals surface area contributed by atoms with E-state index in [0.717, 1.165) is 12.0 Å². The number of hydrogen-bond donors (Lipinski definition) is 0. The first-order chi connectivity index (χ1) is 10.6. The van der Waals surface area contributed by atoms with Crippen molar-refractivity contribution in [1.29, 1.82) is 0 Å². The Morgan fingerprint density at radius 2 is 2.23 bits per heavy atom. The molecule has 4 unspecified atom stereocenters. The highest BCUT2D eigenvalue weighted by molar-refractivity contribution is 5.87. The molecule has 0 aromatic carbocycles. The van der Waals surface area contributed by atoms with Gasteiger partial charge in [0.1, 0.15) is 12.8 Å². The van der Waals surface area contributed by atoms with Crippen LogP contribution in [0.1, 0.15) is 51.9 Å². The Bertz CT molecular complexity index is 494. The largest absolute Gasteiger partial charge is 0.363 e. The van der Waals surface area contributed by atoms with Gasteiger partial charge < -0.3 is 4.74 Å². The molecular formula is C19H27FO2. The smallest absolute Gasteiger partial charge is 0.166 e. The van der Waals surface area contributed by atoms with E-state index in [4.69, 9.17) is 4.74 Å². The van der Waals surface area contributed by atoms with E-state index in [0.29, 0.717) is 24.2 Å². The number of alkyl halides is 1. The van der Waals surface area contributed by atoms with E-state index in [2.05, 4.69) is 19.2 Å². The standard InChI is InChI=1S/C19H27FO2/c1-3-14-11-15-13(2)6-8-19(7-4-5-16(15)19)12-17(21)18(14)22-10-9-20/h13,15-16,18H,1,4-12H2,2H3/t13-,15?,16?,18?,19?/m1/s1. The average molecular weight is 306 g/mol. The molecule has 0 spiro atoms. The molecule has 0 aromatic heterocycles. The van der Waals surface area contributed by atoms with Gasteiger partial charge in [-0.1, -0.05) is 19.9 Å². The van der Waals surface area contributed by atoms with Crippen LogP contribution in [0.15, 0.2) is 17.9 Å². The molecular weight excluding hydrogens is 279 g/mol. The Kier molecular flexibility index (Phi) is 4.56. The number of carbonyl (C=O) groups is 1. The third-order valence-corrected chi connectivity index (χ3v) is 6.50. The second-order valence-electron chi connectivity index (χ2n) is 7.53. The van der Waals surface area contributed by atoms with Crippen LogP contribution >= 0.6 is 0 Å². The van der Waals surface area contributed by atoms with E-state index in [-0.39, 0.29) is 17.8 Å². The lowest BCUT2D eigenvalue weighted by molar-refractivity contribution is -0.135. The van der Waals surface area contributed by atoms with E-state index in [1.54, 1.807) is 0 Å². The number of Topliss-reactive ketones (excluding diaryl/α,β-unsaturated/α-hetero) is 1. The number of ether oxygens (including phenoxy) is 1. The van der Waals surface area contributed by atoms with Crippen molar-refractivity contribution in [3.63, 3.8) is 0 Å². The molecule has 3 saturated carbocycles. The number of hydrogen-bond acceptors (Lipinski definition) is 2. The molecule has 2 nitrogen and oxygen atoms in total. The van der Waals surface area contributed by atoms with Gasteiger partial charge in [-0.25, -0.2) is 4.39 Å². The van der Waals surface area contributed by atoms with Crippen molar-refractivity contribution in [2.45, 2.75) is 58.0 Å². The van der Waals surface area contributed by atoms with Crippen molar-refractivity contribution < 1.29 is 13.9 Å². The van der Waals surface area contributed by atoms with Crippen molar-refractivity contribution in [3.05, 3.63) is 17.9 Å². The Morgan fingerprint density at radius 1 is 1.41 bits per heavy atom. The van der Waals surface area contributed by atoms with Crippen LogP contribution in [0.25, 0.3) is 0 Å². The molecule has 0 aromatic rings. The Morgan fingerprint density at radius 3 is 2.95 bits per heavy atom. The molecule has 3 aliphatic rings. The second-order valence-corrected chi connectivity index (χ2v) is 7.53. The molecule has 3 fully saturated rings. The SMILES string of the molecule is C=C=C1CC2C3CCCC3(CC[C@H]2C)CC(=O)C1OCCF. The maximum absolute atomic E-state index is 12.8. The number of rotatable bonds is 3. The molecule has 0 radical (unpaired) electrons. The first-order valence-electron chi connectivity index (χ1n) is 8.70. The summed E-state index contributed by atoms with van der Waals surface area (Å²) in [5.74, 6) is 2.06. The minimum atomic E-state index is -0.612. The van der Waals surface area contributed by atoms with Crippen molar-refractivity contribution in [3.8, 4) is 0 Å². The minimum Gasteiger partial charge on any atom is -0.363 e. The van der Waals surface area contributed by atoms with Crippen LogP contribution in [0.3, 0.4) is 0 Å². The van der Waals surface area contributed by atoms with Crippen molar-refractivity contribution in [2.24, 2.45) is 23.2 Å². The predicted molar refractivity (Wildman–Crippen MR) is 84.3 cm³/mol. The molecule has 0 saturated heterocycles. The summed E-state index contributed by atoms with van der Waals surface area (Å²) in [5.41, 5.74) is 4.01. The summed E-state index contributed by atoms with van der Waals surface area (Å²) in [4.78, 5) is 12.8. The van der Waals surface area contributed by atoms with E-state index in [9.17, 15) is 9.18 Å². The van der Waals surface area contributed by atoms with Crippen LogP contribution < -0.4 is 0 Å². The minimum absolute atomic E-state index is 0.0156. The van der Waals surface area contributed by atoms with Crippen LogP contribution in [-0.4, -0.2) is 25.2 Å². The maximum Gasteiger partial charge on any atom is 0.166 e. The monoisotopic (exact) mass is 306 g/mol. The molecule has 3 aliphatic carbocycles.